The molecule has 0 radical (unpaired) electrons. The number of hydrogen-bond acceptors (Lipinski definition) is 4. The average Bonchev–Trinajstić information content (AvgIpc) is 2.15. The van der Waals surface area contributed by atoms with Gasteiger partial charge in [-0.1, -0.05) is 0 Å². The second kappa shape index (κ2) is 6.76. The van der Waals surface area contributed by atoms with Crippen molar-refractivity contribution in [2.45, 2.75) is 32.6 Å². The highest BCUT2D eigenvalue weighted by atomic mass is 16.7. The molecule has 90 valence electrons. The van der Waals surface area contributed by atoms with Crippen molar-refractivity contribution in [2.24, 2.45) is 0 Å². The van der Waals surface area contributed by atoms with Crippen molar-refractivity contribution in [3.63, 3.8) is 0 Å². The number of nitrogens with one attached hydrogen (secondary N) is 2. The Kier molecular flexibility index (Phi) is 6.47. The van der Waals surface area contributed by atoms with E-state index in [9.17, 15) is 4.79 Å². The minimum atomic E-state index is -0.386. The van der Waals surface area contributed by atoms with Crippen LogP contribution in [0.25, 0.3) is 0 Å². The molecule has 0 spiro atoms. The SMILES string of the molecule is COC(CNC(=O)CNC(C)(C)C)OC. The van der Waals surface area contributed by atoms with Gasteiger partial charge in [0.25, 0.3) is 0 Å². The van der Waals surface area contributed by atoms with Gasteiger partial charge in [-0.15, -0.1) is 0 Å². The Morgan fingerprint density at radius 2 is 1.80 bits per heavy atom. The number of carbonyl (C=O) groups is 1. The largest absolute Gasteiger partial charge is 0.354 e. The number of methoxy groups -OCH3 is 2. The van der Waals surface area contributed by atoms with E-state index in [1.54, 1.807) is 0 Å². The minimum Gasteiger partial charge on any atom is -0.354 e. The summed E-state index contributed by atoms with van der Waals surface area (Å²) in [7, 11) is 3.07. The molecule has 0 saturated heterocycles. The van der Waals surface area contributed by atoms with E-state index < -0.39 is 0 Å². The first-order valence-electron chi connectivity index (χ1n) is 4.96. The van der Waals surface area contributed by atoms with Crippen molar-refractivity contribution in [3.8, 4) is 0 Å². The van der Waals surface area contributed by atoms with Crippen LogP contribution in [-0.2, 0) is 14.3 Å². The third-order valence-corrected chi connectivity index (χ3v) is 1.77. The zero-order chi connectivity index (χ0) is 11.9. The van der Waals surface area contributed by atoms with Gasteiger partial charge in [0.2, 0.25) is 5.91 Å². The molecule has 0 heterocycles. The van der Waals surface area contributed by atoms with Gasteiger partial charge in [0.05, 0.1) is 13.1 Å². The standard InChI is InChI=1S/C10H22N2O3/c1-10(2,3)12-6-8(13)11-7-9(14-4)15-5/h9,12H,6-7H2,1-5H3,(H,11,13). The van der Waals surface area contributed by atoms with Crippen LogP contribution in [0.1, 0.15) is 20.8 Å². The lowest BCUT2D eigenvalue weighted by Crippen LogP contribution is -2.45. The lowest BCUT2D eigenvalue weighted by molar-refractivity contribution is -0.126. The lowest BCUT2D eigenvalue weighted by Gasteiger charge is -2.20. The van der Waals surface area contributed by atoms with Gasteiger partial charge < -0.3 is 20.1 Å². The van der Waals surface area contributed by atoms with Crippen LogP contribution in [-0.4, -0.2) is 45.0 Å². The van der Waals surface area contributed by atoms with Crippen LogP contribution in [0.5, 0.6) is 0 Å². The Labute approximate surface area is 91.5 Å². The number of hydrogen-bond donors (Lipinski definition) is 2. The highest BCUT2D eigenvalue weighted by Crippen LogP contribution is 1.96. The van der Waals surface area contributed by atoms with Crippen LogP contribution in [0.15, 0.2) is 0 Å². The van der Waals surface area contributed by atoms with E-state index in [-0.39, 0.29) is 17.7 Å². The first-order chi connectivity index (χ1) is 6.89. The zero-order valence-electron chi connectivity index (χ0n) is 10.2. The molecule has 0 unspecified atom stereocenters. The number of ether oxygens (including phenoxy) is 2. The predicted molar refractivity (Wildman–Crippen MR) is 58.6 cm³/mol. The molecule has 5 heteroatoms. The van der Waals surface area contributed by atoms with Crippen LogP contribution in [0.3, 0.4) is 0 Å². The molecule has 0 aliphatic carbocycles. The van der Waals surface area contributed by atoms with Gasteiger partial charge in [0, 0.05) is 19.8 Å². The lowest BCUT2D eigenvalue weighted by atomic mass is 10.1. The maximum Gasteiger partial charge on any atom is 0.234 e. The fourth-order valence-corrected chi connectivity index (χ4v) is 0.868. The number of amides is 1. The molecule has 0 aromatic rings. The highest BCUT2D eigenvalue weighted by molar-refractivity contribution is 5.78. The van der Waals surface area contributed by atoms with E-state index in [4.69, 9.17) is 9.47 Å². The highest BCUT2D eigenvalue weighted by Gasteiger charge is 2.12. The molecule has 0 fully saturated rings. The van der Waals surface area contributed by atoms with Gasteiger partial charge in [-0.2, -0.15) is 0 Å². The van der Waals surface area contributed by atoms with E-state index in [0.29, 0.717) is 13.1 Å². The Balaban J connectivity index is 3.66. The second-order valence-electron chi connectivity index (χ2n) is 4.31. The summed E-state index contributed by atoms with van der Waals surface area (Å²) in [6, 6.07) is 0. The zero-order valence-corrected chi connectivity index (χ0v) is 10.2. The van der Waals surface area contributed by atoms with Crippen molar-refractivity contribution in [1.29, 1.82) is 0 Å². The Bertz CT molecular complexity index is 186. The summed E-state index contributed by atoms with van der Waals surface area (Å²) < 4.78 is 9.88. The van der Waals surface area contributed by atoms with Crippen molar-refractivity contribution >= 4 is 5.91 Å². The van der Waals surface area contributed by atoms with Gasteiger partial charge in [-0.05, 0) is 20.8 Å². The van der Waals surface area contributed by atoms with Crippen LogP contribution < -0.4 is 10.6 Å². The van der Waals surface area contributed by atoms with Crippen LogP contribution in [0, 0.1) is 0 Å². The molecule has 0 rings (SSSR count). The molecule has 0 atom stereocenters. The van der Waals surface area contributed by atoms with E-state index in [2.05, 4.69) is 10.6 Å². The molecule has 0 bridgehead atoms. The molecule has 1 amide bonds. The predicted octanol–water partition coefficient (Wildman–Crippen LogP) is 0.110. The van der Waals surface area contributed by atoms with Gasteiger partial charge in [-0.3, -0.25) is 4.79 Å². The average molecular weight is 218 g/mol. The van der Waals surface area contributed by atoms with E-state index in [1.165, 1.54) is 14.2 Å². The van der Waals surface area contributed by atoms with Gasteiger partial charge in [-0.25, -0.2) is 0 Å². The maximum absolute atomic E-state index is 11.3. The molecule has 0 aliphatic rings. The monoisotopic (exact) mass is 218 g/mol. The molecule has 0 aliphatic heterocycles. The molecule has 0 saturated carbocycles. The first-order valence-corrected chi connectivity index (χ1v) is 4.96. The molecular weight excluding hydrogens is 196 g/mol. The van der Waals surface area contributed by atoms with Crippen LogP contribution in [0.2, 0.25) is 0 Å². The van der Waals surface area contributed by atoms with Gasteiger partial charge >= 0.3 is 0 Å². The number of carbonyl (C=O) groups excluding carboxylic acids is 1. The summed E-state index contributed by atoms with van der Waals surface area (Å²) in [5, 5.41) is 5.79. The fraction of sp³-hybridized carbons (Fsp3) is 0.900. The third kappa shape index (κ3) is 8.35. The van der Waals surface area contributed by atoms with Crippen LogP contribution >= 0.6 is 0 Å². The Morgan fingerprint density at radius 1 is 1.27 bits per heavy atom. The molecule has 2 N–H and O–H groups in total. The molecule has 0 aromatic carbocycles. The van der Waals surface area contributed by atoms with Crippen LogP contribution in [0.4, 0.5) is 0 Å². The van der Waals surface area contributed by atoms with Crippen molar-refractivity contribution in [3.05, 3.63) is 0 Å². The third-order valence-electron chi connectivity index (χ3n) is 1.77. The summed E-state index contributed by atoms with van der Waals surface area (Å²) in [4.78, 5) is 11.3. The molecule has 15 heavy (non-hydrogen) atoms. The minimum absolute atomic E-state index is 0.0563. The van der Waals surface area contributed by atoms with Crippen molar-refractivity contribution < 1.29 is 14.3 Å². The van der Waals surface area contributed by atoms with E-state index >= 15 is 0 Å². The quantitative estimate of drug-likeness (QED) is 0.621. The van der Waals surface area contributed by atoms with Crippen molar-refractivity contribution in [1.82, 2.24) is 10.6 Å². The smallest absolute Gasteiger partial charge is 0.234 e. The summed E-state index contributed by atoms with van der Waals surface area (Å²) in [6.07, 6.45) is -0.386. The topological polar surface area (TPSA) is 59.6 Å². The van der Waals surface area contributed by atoms with E-state index in [0.717, 1.165) is 0 Å². The molecule has 5 nitrogen and oxygen atoms in total. The molecule has 0 aromatic heterocycles. The Hall–Kier alpha value is -0.650. The summed E-state index contributed by atoms with van der Waals surface area (Å²) in [6.45, 7) is 6.68. The maximum atomic E-state index is 11.3. The summed E-state index contributed by atoms with van der Waals surface area (Å²) in [5.41, 5.74) is -0.0563. The van der Waals surface area contributed by atoms with E-state index in [1.807, 2.05) is 20.8 Å². The Morgan fingerprint density at radius 3 is 2.20 bits per heavy atom. The van der Waals surface area contributed by atoms with Gasteiger partial charge in [0.15, 0.2) is 6.29 Å². The normalized spacial score (nSPS) is 11.9. The van der Waals surface area contributed by atoms with Crippen molar-refractivity contribution in [2.75, 3.05) is 27.3 Å². The molecular formula is C10H22N2O3. The fourth-order valence-electron chi connectivity index (χ4n) is 0.868. The second-order valence-corrected chi connectivity index (χ2v) is 4.31. The summed E-state index contributed by atoms with van der Waals surface area (Å²) >= 11 is 0. The first kappa shape index (κ1) is 14.3. The van der Waals surface area contributed by atoms with Gasteiger partial charge in [0.1, 0.15) is 0 Å². The summed E-state index contributed by atoms with van der Waals surface area (Å²) in [5.74, 6) is -0.0657. The number of rotatable bonds is 6.